The summed E-state index contributed by atoms with van der Waals surface area (Å²) >= 11 is 0. The van der Waals surface area contributed by atoms with E-state index in [-0.39, 0.29) is 5.69 Å². The Bertz CT molecular complexity index is 307. The molecule has 1 aromatic heterocycles. The van der Waals surface area contributed by atoms with E-state index in [1.54, 1.807) is 0 Å². The van der Waals surface area contributed by atoms with E-state index in [1.807, 2.05) is 6.92 Å². The van der Waals surface area contributed by atoms with Crippen molar-refractivity contribution in [2.45, 2.75) is 32.0 Å². The van der Waals surface area contributed by atoms with Crippen molar-refractivity contribution < 1.29 is 18.3 Å². The lowest BCUT2D eigenvalue weighted by atomic mass is 10.1. The number of hydrogen-bond acceptors (Lipinski definition) is 2. The molecule has 1 aromatic rings. The van der Waals surface area contributed by atoms with Gasteiger partial charge < -0.3 is 5.11 Å². The maximum atomic E-state index is 12.2. The number of halogens is 3. The Kier molecular flexibility index (Phi) is 3.68. The summed E-state index contributed by atoms with van der Waals surface area (Å²) in [6.45, 7) is 1.88. The zero-order valence-corrected chi connectivity index (χ0v) is 8.25. The molecule has 0 fully saturated rings. The minimum absolute atomic E-state index is 0.282. The molecule has 0 aliphatic heterocycles. The van der Waals surface area contributed by atoms with Gasteiger partial charge in [-0.05, 0) is 18.6 Å². The molecule has 0 saturated carbocycles. The zero-order valence-electron chi connectivity index (χ0n) is 8.25. The monoisotopic (exact) mass is 219 g/mol. The number of alkyl halides is 3. The van der Waals surface area contributed by atoms with E-state index in [4.69, 9.17) is 0 Å². The summed E-state index contributed by atoms with van der Waals surface area (Å²) in [7, 11) is 0. The number of hydrogen-bond donors (Lipinski definition) is 1. The summed E-state index contributed by atoms with van der Waals surface area (Å²) in [5, 5.41) is 9.47. The molecule has 1 heterocycles. The average molecular weight is 219 g/mol. The lowest BCUT2D eigenvalue weighted by Gasteiger charge is -2.10. The summed E-state index contributed by atoms with van der Waals surface area (Å²) in [5.41, 5.74) is -0.514. The largest absolute Gasteiger partial charge is 0.417 e. The molecule has 0 aliphatic rings. The van der Waals surface area contributed by atoms with Crippen molar-refractivity contribution >= 4 is 0 Å². The molecule has 0 radical (unpaired) electrons. The number of aliphatic hydroxyl groups is 1. The first-order chi connectivity index (χ1) is 6.95. The molecule has 84 valence electrons. The van der Waals surface area contributed by atoms with Crippen LogP contribution in [0, 0.1) is 0 Å². The van der Waals surface area contributed by atoms with Gasteiger partial charge in [0.1, 0.15) is 0 Å². The van der Waals surface area contributed by atoms with Gasteiger partial charge in [0.2, 0.25) is 0 Å². The maximum Gasteiger partial charge on any atom is 0.417 e. The fourth-order valence-corrected chi connectivity index (χ4v) is 1.19. The molecule has 1 rings (SSSR count). The van der Waals surface area contributed by atoms with E-state index in [0.29, 0.717) is 6.42 Å². The van der Waals surface area contributed by atoms with Gasteiger partial charge in [-0.2, -0.15) is 13.2 Å². The molecule has 0 bridgehead atoms. The Morgan fingerprint density at radius 3 is 2.47 bits per heavy atom. The van der Waals surface area contributed by atoms with E-state index in [2.05, 4.69) is 4.98 Å². The molecule has 1 N–H and O–H groups in total. The molecule has 2 nitrogen and oxygen atoms in total. The minimum atomic E-state index is -4.37. The van der Waals surface area contributed by atoms with Gasteiger partial charge in [-0.15, -0.1) is 0 Å². The van der Waals surface area contributed by atoms with E-state index in [0.717, 1.165) is 18.7 Å². The van der Waals surface area contributed by atoms with Crippen molar-refractivity contribution in [1.82, 2.24) is 4.98 Å². The van der Waals surface area contributed by atoms with E-state index < -0.39 is 17.8 Å². The molecule has 1 atom stereocenters. The van der Waals surface area contributed by atoms with E-state index in [1.165, 1.54) is 6.07 Å². The topological polar surface area (TPSA) is 33.1 Å². The average Bonchev–Trinajstić information content (AvgIpc) is 2.17. The third kappa shape index (κ3) is 3.20. The lowest BCUT2D eigenvalue weighted by molar-refractivity contribution is -0.137. The van der Waals surface area contributed by atoms with Crippen LogP contribution in [-0.4, -0.2) is 10.1 Å². The molecule has 0 aliphatic carbocycles. The van der Waals surface area contributed by atoms with Gasteiger partial charge in [0.05, 0.1) is 17.4 Å². The molecule has 0 saturated heterocycles. The number of aromatic nitrogens is 1. The van der Waals surface area contributed by atoms with Crippen LogP contribution in [0.15, 0.2) is 18.3 Å². The van der Waals surface area contributed by atoms with Gasteiger partial charge in [0.25, 0.3) is 0 Å². The number of nitrogens with zero attached hydrogens (tertiary/aromatic N) is 1. The van der Waals surface area contributed by atoms with Gasteiger partial charge in [-0.25, -0.2) is 0 Å². The highest BCUT2D eigenvalue weighted by molar-refractivity contribution is 5.18. The number of rotatable bonds is 3. The smallest absolute Gasteiger partial charge is 0.387 e. The lowest BCUT2D eigenvalue weighted by Crippen LogP contribution is -2.07. The van der Waals surface area contributed by atoms with Crippen LogP contribution in [0.4, 0.5) is 13.2 Å². The van der Waals surface area contributed by atoms with Crippen LogP contribution in [0.2, 0.25) is 0 Å². The van der Waals surface area contributed by atoms with Crippen molar-refractivity contribution in [2.24, 2.45) is 0 Å². The maximum absolute atomic E-state index is 12.2. The molecule has 0 aromatic carbocycles. The van der Waals surface area contributed by atoms with Crippen LogP contribution in [0.3, 0.4) is 0 Å². The summed E-state index contributed by atoms with van der Waals surface area (Å²) in [5.74, 6) is 0. The summed E-state index contributed by atoms with van der Waals surface area (Å²) < 4.78 is 36.5. The highest BCUT2D eigenvalue weighted by atomic mass is 19.4. The minimum Gasteiger partial charge on any atom is -0.387 e. The van der Waals surface area contributed by atoms with Crippen molar-refractivity contribution in [3.63, 3.8) is 0 Å². The molecule has 15 heavy (non-hydrogen) atoms. The summed E-state index contributed by atoms with van der Waals surface area (Å²) in [6, 6.07) is 2.14. The zero-order chi connectivity index (χ0) is 11.5. The Labute approximate surface area is 85.8 Å². The number of aliphatic hydroxyl groups excluding tert-OH is 1. The normalized spacial score (nSPS) is 13.9. The SMILES string of the molecule is CCCC(O)c1ccc(C(F)(F)F)cn1. The predicted octanol–water partition coefficient (Wildman–Crippen LogP) is 2.93. The quantitative estimate of drug-likeness (QED) is 0.847. The third-order valence-corrected chi connectivity index (χ3v) is 2.02. The van der Waals surface area contributed by atoms with Crippen molar-refractivity contribution in [3.05, 3.63) is 29.6 Å². The Morgan fingerprint density at radius 2 is 2.07 bits per heavy atom. The van der Waals surface area contributed by atoms with Crippen LogP contribution >= 0.6 is 0 Å². The van der Waals surface area contributed by atoms with Crippen LogP contribution in [0.1, 0.15) is 37.1 Å². The third-order valence-electron chi connectivity index (χ3n) is 2.02. The van der Waals surface area contributed by atoms with Gasteiger partial charge in [0, 0.05) is 6.20 Å². The van der Waals surface area contributed by atoms with Crippen LogP contribution in [0.25, 0.3) is 0 Å². The van der Waals surface area contributed by atoms with Gasteiger partial charge >= 0.3 is 6.18 Å². The number of pyridine rings is 1. The Hall–Kier alpha value is -1.10. The highest BCUT2D eigenvalue weighted by Gasteiger charge is 2.30. The van der Waals surface area contributed by atoms with Gasteiger partial charge in [-0.3, -0.25) is 4.98 Å². The second-order valence-electron chi connectivity index (χ2n) is 3.27. The van der Waals surface area contributed by atoms with E-state index in [9.17, 15) is 18.3 Å². The first-order valence-corrected chi connectivity index (χ1v) is 4.66. The predicted molar refractivity (Wildman–Crippen MR) is 49.1 cm³/mol. The fourth-order valence-electron chi connectivity index (χ4n) is 1.19. The molecular formula is C10H12F3NO. The molecule has 5 heteroatoms. The molecular weight excluding hydrogens is 207 g/mol. The van der Waals surface area contributed by atoms with Gasteiger partial charge in [0.15, 0.2) is 0 Å². The van der Waals surface area contributed by atoms with E-state index >= 15 is 0 Å². The van der Waals surface area contributed by atoms with Gasteiger partial charge in [-0.1, -0.05) is 13.3 Å². The molecule has 0 spiro atoms. The summed E-state index contributed by atoms with van der Waals surface area (Å²) in [6.07, 6.45) is -3.16. The second kappa shape index (κ2) is 4.61. The first-order valence-electron chi connectivity index (χ1n) is 4.66. The Morgan fingerprint density at radius 1 is 1.40 bits per heavy atom. The first kappa shape index (κ1) is 12.0. The van der Waals surface area contributed by atoms with Crippen LogP contribution < -0.4 is 0 Å². The second-order valence-corrected chi connectivity index (χ2v) is 3.27. The van der Waals surface area contributed by atoms with Crippen LogP contribution in [0.5, 0.6) is 0 Å². The van der Waals surface area contributed by atoms with Crippen molar-refractivity contribution in [2.75, 3.05) is 0 Å². The molecule has 1 unspecified atom stereocenters. The summed E-state index contributed by atoms with van der Waals surface area (Å²) in [4.78, 5) is 3.59. The Balaban J connectivity index is 2.81. The molecule has 0 amide bonds. The standard InChI is InChI=1S/C10H12F3NO/c1-2-3-9(15)8-5-4-7(6-14-8)10(11,12)13/h4-6,9,15H,2-3H2,1H3. The van der Waals surface area contributed by atoms with Crippen molar-refractivity contribution in [3.8, 4) is 0 Å². The fraction of sp³-hybridized carbons (Fsp3) is 0.500. The van der Waals surface area contributed by atoms with Crippen molar-refractivity contribution in [1.29, 1.82) is 0 Å². The highest BCUT2D eigenvalue weighted by Crippen LogP contribution is 2.29. The van der Waals surface area contributed by atoms with Crippen LogP contribution in [-0.2, 0) is 6.18 Å².